The van der Waals surface area contributed by atoms with Gasteiger partial charge in [0.2, 0.25) is 0 Å². The van der Waals surface area contributed by atoms with Gasteiger partial charge in [0.1, 0.15) is 5.82 Å². The molecule has 1 saturated carbocycles. The van der Waals surface area contributed by atoms with Crippen LogP contribution in [0.5, 0.6) is 0 Å². The Morgan fingerprint density at radius 2 is 1.85 bits per heavy atom. The van der Waals surface area contributed by atoms with Gasteiger partial charge in [0, 0.05) is 5.56 Å². The number of nitrogens with zero attached hydrogens (tertiary/aromatic N) is 1. The maximum Gasteiger partial charge on any atom is 0.131 e. The molecule has 2 aromatic carbocycles. The Labute approximate surface area is 118 Å². The van der Waals surface area contributed by atoms with E-state index in [1.54, 1.807) is 6.07 Å². The van der Waals surface area contributed by atoms with Gasteiger partial charge in [-0.1, -0.05) is 43.3 Å². The van der Waals surface area contributed by atoms with Crippen molar-refractivity contribution in [2.75, 3.05) is 0 Å². The molecule has 0 spiro atoms. The Morgan fingerprint density at radius 1 is 1.15 bits per heavy atom. The molecule has 0 atom stereocenters. The molecule has 0 saturated heterocycles. The summed E-state index contributed by atoms with van der Waals surface area (Å²) in [6.07, 6.45) is 2.66. The minimum Gasteiger partial charge on any atom is -0.206 e. The third-order valence-electron chi connectivity index (χ3n) is 4.16. The van der Waals surface area contributed by atoms with Crippen LogP contribution in [0.3, 0.4) is 0 Å². The molecule has 0 amide bonds. The normalized spacial score (nSPS) is 15.7. The van der Waals surface area contributed by atoms with Crippen molar-refractivity contribution in [2.24, 2.45) is 0 Å². The largest absolute Gasteiger partial charge is 0.206 e. The summed E-state index contributed by atoms with van der Waals surface area (Å²) in [5, 5.41) is 9.17. The first kappa shape index (κ1) is 12.9. The van der Waals surface area contributed by atoms with Gasteiger partial charge in [-0.25, -0.2) is 4.39 Å². The van der Waals surface area contributed by atoms with Crippen LogP contribution in [-0.2, 0) is 11.8 Å². The van der Waals surface area contributed by atoms with E-state index >= 15 is 0 Å². The second kappa shape index (κ2) is 4.76. The monoisotopic (exact) mass is 265 g/mol. The van der Waals surface area contributed by atoms with E-state index in [-0.39, 0.29) is 5.82 Å². The predicted octanol–water partition coefficient (Wildman–Crippen LogP) is 4.61. The van der Waals surface area contributed by atoms with Crippen LogP contribution in [0, 0.1) is 17.1 Å². The second-order valence-corrected chi connectivity index (χ2v) is 5.44. The Bertz CT molecular complexity index is 676. The summed E-state index contributed by atoms with van der Waals surface area (Å²) in [7, 11) is 0. The lowest BCUT2D eigenvalue weighted by molar-refractivity contribution is 0.627. The summed E-state index contributed by atoms with van der Waals surface area (Å²) in [5.41, 5.74) is 3.11. The number of hydrogen-bond acceptors (Lipinski definition) is 1. The molecule has 1 nitrogen and oxygen atoms in total. The van der Waals surface area contributed by atoms with E-state index in [1.165, 1.54) is 11.6 Å². The van der Waals surface area contributed by atoms with Gasteiger partial charge in [0.05, 0.1) is 11.5 Å². The quantitative estimate of drug-likeness (QED) is 0.795. The van der Waals surface area contributed by atoms with Gasteiger partial charge in [0.15, 0.2) is 0 Å². The molecule has 0 N–H and O–H groups in total. The SMILES string of the molecule is CCc1ccc(-c2ccc(C3(C#N)CC3)cc2F)cc1. The number of aryl methyl sites for hydroxylation is 1. The molecule has 0 aliphatic heterocycles. The third-order valence-corrected chi connectivity index (χ3v) is 4.16. The van der Waals surface area contributed by atoms with Crippen LogP contribution in [0.1, 0.15) is 30.9 Å². The third kappa shape index (κ3) is 2.10. The maximum absolute atomic E-state index is 14.3. The molecule has 20 heavy (non-hydrogen) atoms. The van der Waals surface area contributed by atoms with E-state index in [4.69, 9.17) is 0 Å². The Kier molecular flexibility index (Phi) is 3.06. The molecule has 2 heteroatoms. The maximum atomic E-state index is 14.3. The van der Waals surface area contributed by atoms with Crippen LogP contribution in [0.2, 0.25) is 0 Å². The van der Waals surface area contributed by atoms with Crippen LogP contribution in [-0.4, -0.2) is 0 Å². The van der Waals surface area contributed by atoms with Gasteiger partial charge in [-0.15, -0.1) is 0 Å². The minimum absolute atomic E-state index is 0.242. The average molecular weight is 265 g/mol. The number of hydrogen-bond donors (Lipinski definition) is 0. The highest BCUT2D eigenvalue weighted by Gasteiger charge is 2.45. The van der Waals surface area contributed by atoms with E-state index in [1.807, 2.05) is 30.3 Å². The first-order chi connectivity index (χ1) is 9.68. The first-order valence-electron chi connectivity index (χ1n) is 6.99. The van der Waals surface area contributed by atoms with Crippen molar-refractivity contribution in [3.8, 4) is 17.2 Å². The molecule has 100 valence electrons. The van der Waals surface area contributed by atoms with E-state index in [0.29, 0.717) is 5.56 Å². The Hall–Kier alpha value is -2.14. The van der Waals surface area contributed by atoms with Crippen LogP contribution >= 0.6 is 0 Å². The van der Waals surface area contributed by atoms with Crippen LogP contribution < -0.4 is 0 Å². The number of halogens is 1. The van der Waals surface area contributed by atoms with Crippen LogP contribution in [0.4, 0.5) is 4.39 Å². The molecule has 3 rings (SSSR count). The average Bonchev–Trinajstić information content (AvgIpc) is 3.28. The fraction of sp³-hybridized carbons (Fsp3) is 0.278. The summed E-state index contributed by atoms with van der Waals surface area (Å²) in [6, 6.07) is 15.5. The van der Waals surface area contributed by atoms with E-state index in [0.717, 1.165) is 30.4 Å². The van der Waals surface area contributed by atoms with Gasteiger partial charge < -0.3 is 0 Å². The molecule has 1 fully saturated rings. The molecular weight excluding hydrogens is 249 g/mol. The van der Waals surface area contributed by atoms with Crippen LogP contribution in [0.25, 0.3) is 11.1 Å². The highest BCUT2D eigenvalue weighted by molar-refractivity contribution is 5.65. The van der Waals surface area contributed by atoms with E-state index in [9.17, 15) is 9.65 Å². The van der Waals surface area contributed by atoms with Crippen molar-refractivity contribution in [1.29, 1.82) is 5.26 Å². The van der Waals surface area contributed by atoms with Crippen molar-refractivity contribution >= 4 is 0 Å². The topological polar surface area (TPSA) is 23.8 Å². The summed E-state index contributed by atoms with van der Waals surface area (Å²) in [6.45, 7) is 2.10. The van der Waals surface area contributed by atoms with Crippen molar-refractivity contribution < 1.29 is 4.39 Å². The summed E-state index contributed by atoms with van der Waals surface area (Å²) in [4.78, 5) is 0. The minimum atomic E-state index is -0.425. The summed E-state index contributed by atoms with van der Waals surface area (Å²) >= 11 is 0. The Balaban J connectivity index is 1.97. The van der Waals surface area contributed by atoms with E-state index in [2.05, 4.69) is 13.0 Å². The predicted molar refractivity (Wildman–Crippen MR) is 77.7 cm³/mol. The first-order valence-corrected chi connectivity index (χ1v) is 6.99. The van der Waals surface area contributed by atoms with Gasteiger partial charge in [-0.2, -0.15) is 5.26 Å². The van der Waals surface area contributed by atoms with Crippen molar-refractivity contribution in [3.63, 3.8) is 0 Å². The molecule has 0 heterocycles. The Morgan fingerprint density at radius 3 is 2.35 bits per heavy atom. The highest BCUT2D eigenvalue weighted by atomic mass is 19.1. The zero-order valence-corrected chi connectivity index (χ0v) is 11.5. The summed E-state index contributed by atoms with van der Waals surface area (Å²) in [5.74, 6) is -0.242. The zero-order valence-electron chi connectivity index (χ0n) is 11.5. The molecule has 1 aliphatic carbocycles. The molecule has 1 aliphatic rings. The standard InChI is InChI=1S/C18H16FN/c1-2-13-3-5-14(6-4-13)16-8-7-15(11-17(16)19)18(12-20)9-10-18/h3-8,11H,2,9-10H2,1H3. The van der Waals surface area contributed by atoms with Crippen LogP contribution in [0.15, 0.2) is 42.5 Å². The number of nitriles is 1. The lowest BCUT2D eigenvalue weighted by atomic mass is 9.94. The lowest BCUT2D eigenvalue weighted by Gasteiger charge is -2.10. The van der Waals surface area contributed by atoms with Crippen molar-refractivity contribution in [3.05, 3.63) is 59.4 Å². The zero-order chi connectivity index (χ0) is 14.2. The van der Waals surface area contributed by atoms with E-state index < -0.39 is 5.41 Å². The molecule has 0 aromatic heterocycles. The second-order valence-electron chi connectivity index (χ2n) is 5.44. The van der Waals surface area contributed by atoms with Crippen molar-refractivity contribution in [2.45, 2.75) is 31.6 Å². The molecule has 2 aromatic rings. The summed E-state index contributed by atoms with van der Waals surface area (Å²) < 4.78 is 14.3. The number of benzene rings is 2. The smallest absolute Gasteiger partial charge is 0.131 e. The fourth-order valence-electron chi connectivity index (χ4n) is 2.56. The molecule has 0 bridgehead atoms. The van der Waals surface area contributed by atoms with Gasteiger partial charge >= 0.3 is 0 Å². The fourth-order valence-corrected chi connectivity index (χ4v) is 2.56. The molecule has 0 unspecified atom stereocenters. The van der Waals surface area contributed by atoms with Gasteiger partial charge in [-0.05, 0) is 42.0 Å². The lowest BCUT2D eigenvalue weighted by Crippen LogP contribution is -2.03. The molecular formula is C18H16FN. The van der Waals surface area contributed by atoms with Gasteiger partial charge in [0.25, 0.3) is 0 Å². The molecule has 0 radical (unpaired) electrons. The number of rotatable bonds is 3. The highest BCUT2D eigenvalue weighted by Crippen LogP contribution is 2.48. The van der Waals surface area contributed by atoms with Crippen molar-refractivity contribution in [1.82, 2.24) is 0 Å². The van der Waals surface area contributed by atoms with Gasteiger partial charge in [-0.3, -0.25) is 0 Å².